The van der Waals surface area contributed by atoms with Crippen LogP contribution in [-0.4, -0.2) is 38.2 Å². The maximum atomic E-state index is 10.9. The van der Waals surface area contributed by atoms with E-state index in [9.17, 15) is 4.79 Å². The van der Waals surface area contributed by atoms with E-state index in [1.807, 2.05) is 32.9 Å². The van der Waals surface area contributed by atoms with E-state index in [-0.39, 0.29) is 5.60 Å². The van der Waals surface area contributed by atoms with Crippen LogP contribution >= 0.6 is 0 Å². The largest absolute Gasteiger partial charge is 0.478 e. The summed E-state index contributed by atoms with van der Waals surface area (Å²) in [4.78, 5) is 10.9. The number of hydrogen-bond donors (Lipinski definition) is 1. The third-order valence-electron chi connectivity index (χ3n) is 3.11. The van der Waals surface area contributed by atoms with Gasteiger partial charge in [-0.25, -0.2) is 4.79 Å². The monoisotopic (exact) mass is 310 g/mol. The summed E-state index contributed by atoms with van der Waals surface area (Å²) in [6.45, 7) is 11.7. The third-order valence-corrected chi connectivity index (χ3v) is 5.76. The second kappa shape index (κ2) is 7.20. The Bertz CT molecular complexity index is 460. The number of aromatic carboxylic acids is 1. The highest BCUT2D eigenvalue weighted by Gasteiger charge is 2.25. The Labute approximate surface area is 128 Å². The van der Waals surface area contributed by atoms with Crippen LogP contribution in [0.15, 0.2) is 24.3 Å². The fraction of sp³-hybridized carbons (Fsp3) is 0.562. The molecule has 0 amide bonds. The zero-order chi connectivity index (χ0) is 16.1. The molecule has 0 fully saturated rings. The minimum Gasteiger partial charge on any atom is -0.478 e. The molecule has 21 heavy (non-hydrogen) atoms. The van der Waals surface area contributed by atoms with Crippen LogP contribution in [0.25, 0.3) is 0 Å². The Morgan fingerprint density at radius 2 is 1.71 bits per heavy atom. The molecule has 1 aromatic carbocycles. The zero-order valence-corrected chi connectivity index (χ0v) is 14.6. The van der Waals surface area contributed by atoms with Crippen molar-refractivity contribution in [2.75, 3.05) is 13.2 Å². The van der Waals surface area contributed by atoms with Crippen LogP contribution in [0.2, 0.25) is 13.1 Å². The highest BCUT2D eigenvalue weighted by atomic mass is 28.4. The highest BCUT2D eigenvalue weighted by Crippen LogP contribution is 2.10. The minimum atomic E-state index is -1.98. The van der Waals surface area contributed by atoms with E-state index in [1.165, 1.54) is 0 Å². The molecule has 1 rings (SSSR count). The van der Waals surface area contributed by atoms with E-state index < -0.39 is 14.3 Å². The molecular weight excluding hydrogens is 284 g/mol. The molecule has 0 radical (unpaired) electrons. The topological polar surface area (TPSA) is 55.8 Å². The lowest BCUT2D eigenvalue weighted by Gasteiger charge is -2.24. The molecule has 4 nitrogen and oxygen atoms in total. The Kier molecular flexibility index (Phi) is 6.13. The van der Waals surface area contributed by atoms with Crippen LogP contribution < -0.4 is 5.19 Å². The Morgan fingerprint density at radius 3 is 2.19 bits per heavy atom. The van der Waals surface area contributed by atoms with Gasteiger partial charge in [0.2, 0.25) is 8.32 Å². The lowest BCUT2D eigenvalue weighted by Crippen LogP contribution is -2.45. The molecule has 0 aromatic heterocycles. The van der Waals surface area contributed by atoms with Crippen molar-refractivity contribution < 1.29 is 19.1 Å². The third kappa shape index (κ3) is 6.41. The molecule has 0 aliphatic carbocycles. The van der Waals surface area contributed by atoms with Gasteiger partial charge >= 0.3 is 5.97 Å². The summed E-state index contributed by atoms with van der Waals surface area (Å²) in [6.07, 6.45) is 0.862. The highest BCUT2D eigenvalue weighted by molar-refractivity contribution is 6.84. The molecule has 1 N–H and O–H groups in total. The van der Waals surface area contributed by atoms with Gasteiger partial charge in [0.25, 0.3) is 0 Å². The van der Waals surface area contributed by atoms with Crippen molar-refractivity contribution in [2.45, 2.75) is 45.9 Å². The minimum absolute atomic E-state index is 0.111. The van der Waals surface area contributed by atoms with Crippen molar-refractivity contribution in [3.8, 4) is 0 Å². The predicted octanol–water partition coefficient (Wildman–Crippen LogP) is 3.02. The lowest BCUT2D eigenvalue weighted by atomic mass is 10.2. The molecule has 5 heteroatoms. The fourth-order valence-corrected chi connectivity index (χ4v) is 3.65. The quantitative estimate of drug-likeness (QED) is 0.621. The standard InChI is InChI=1S/C16H26O4Si/c1-16(2,3)19-11-6-12-20-21(4,5)14-9-7-13(8-10-14)15(17)18/h7-10H,6,11-12H2,1-5H3,(H,17,18). The number of carboxylic acids is 1. The van der Waals surface area contributed by atoms with E-state index >= 15 is 0 Å². The number of ether oxygens (including phenoxy) is 1. The van der Waals surface area contributed by atoms with Crippen LogP contribution in [-0.2, 0) is 9.16 Å². The van der Waals surface area contributed by atoms with Crippen LogP contribution in [0.5, 0.6) is 0 Å². The van der Waals surface area contributed by atoms with Crippen molar-refractivity contribution in [1.29, 1.82) is 0 Å². The van der Waals surface area contributed by atoms with Gasteiger partial charge in [0.1, 0.15) is 0 Å². The van der Waals surface area contributed by atoms with Gasteiger partial charge in [0, 0.05) is 13.2 Å². The second-order valence-electron chi connectivity index (χ2n) is 6.56. The first kappa shape index (κ1) is 17.9. The van der Waals surface area contributed by atoms with Crippen molar-refractivity contribution >= 4 is 19.5 Å². The van der Waals surface area contributed by atoms with Gasteiger partial charge < -0.3 is 14.3 Å². The summed E-state index contributed by atoms with van der Waals surface area (Å²) in [5, 5.41) is 10.0. The molecule has 0 heterocycles. The summed E-state index contributed by atoms with van der Waals surface area (Å²) in [5.41, 5.74) is 0.196. The average Bonchev–Trinajstić information content (AvgIpc) is 2.37. The van der Waals surface area contributed by atoms with E-state index in [0.717, 1.165) is 11.6 Å². The summed E-state index contributed by atoms with van der Waals surface area (Å²) in [7, 11) is -1.98. The molecule has 118 valence electrons. The average molecular weight is 310 g/mol. The first-order valence-electron chi connectivity index (χ1n) is 7.23. The Hall–Kier alpha value is -1.17. The smallest absolute Gasteiger partial charge is 0.335 e. The molecule has 0 aliphatic heterocycles. The maximum Gasteiger partial charge on any atom is 0.335 e. The van der Waals surface area contributed by atoms with Gasteiger partial charge in [-0.15, -0.1) is 0 Å². The van der Waals surface area contributed by atoms with E-state index in [0.29, 0.717) is 18.8 Å². The number of rotatable bonds is 7. The first-order valence-corrected chi connectivity index (χ1v) is 10.1. The molecule has 0 saturated heterocycles. The number of benzene rings is 1. The van der Waals surface area contributed by atoms with Gasteiger partial charge in [-0.05, 0) is 57.6 Å². The maximum absolute atomic E-state index is 10.9. The Balaban J connectivity index is 2.47. The summed E-state index contributed by atoms with van der Waals surface area (Å²) in [5.74, 6) is -0.902. The molecule has 0 aliphatic rings. The predicted molar refractivity (Wildman–Crippen MR) is 86.8 cm³/mol. The number of carbonyl (C=O) groups is 1. The van der Waals surface area contributed by atoms with Crippen molar-refractivity contribution in [2.24, 2.45) is 0 Å². The van der Waals surface area contributed by atoms with Gasteiger partial charge in [-0.3, -0.25) is 0 Å². The van der Waals surface area contributed by atoms with Gasteiger partial charge in [0.15, 0.2) is 0 Å². The van der Waals surface area contributed by atoms with Crippen molar-refractivity contribution in [3.05, 3.63) is 29.8 Å². The van der Waals surface area contributed by atoms with Gasteiger partial charge in [0.05, 0.1) is 11.2 Å². The number of hydrogen-bond acceptors (Lipinski definition) is 3. The van der Waals surface area contributed by atoms with Crippen molar-refractivity contribution in [1.82, 2.24) is 0 Å². The van der Waals surface area contributed by atoms with E-state index in [4.69, 9.17) is 14.3 Å². The molecule has 0 atom stereocenters. The van der Waals surface area contributed by atoms with E-state index in [1.54, 1.807) is 12.1 Å². The SMILES string of the molecule is CC(C)(C)OCCCO[Si](C)(C)c1ccc(C(=O)O)cc1. The zero-order valence-electron chi connectivity index (χ0n) is 13.6. The Morgan fingerprint density at radius 1 is 1.14 bits per heavy atom. The van der Waals surface area contributed by atoms with Crippen LogP contribution in [0.4, 0.5) is 0 Å². The first-order chi connectivity index (χ1) is 9.62. The lowest BCUT2D eigenvalue weighted by molar-refractivity contribution is -0.00789. The molecular formula is C16H26O4Si. The summed E-state index contributed by atoms with van der Waals surface area (Å²) in [6, 6.07) is 7.00. The molecule has 0 saturated carbocycles. The number of carboxylic acid groups (broad SMARTS) is 1. The summed E-state index contributed by atoms with van der Waals surface area (Å²) >= 11 is 0. The molecule has 0 spiro atoms. The second-order valence-corrected chi connectivity index (χ2v) is 10.4. The molecule has 1 aromatic rings. The van der Waals surface area contributed by atoms with E-state index in [2.05, 4.69) is 13.1 Å². The normalized spacial score (nSPS) is 12.4. The fourth-order valence-electron chi connectivity index (χ4n) is 1.86. The van der Waals surface area contributed by atoms with Gasteiger partial charge in [-0.2, -0.15) is 0 Å². The van der Waals surface area contributed by atoms with Crippen LogP contribution in [0.3, 0.4) is 0 Å². The van der Waals surface area contributed by atoms with Crippen LogP contribution in [0, 0.1) is 0 Å². The van der Waals surface area contributed by atoms with Crippen LogP contribution in [0.1, 0.15) is 37.6 Å². The molecule has 0 bridgehead atoms. The van der Waals surface area contributed by atoms with Crippen molar-refractivity contribution in [3.63, 3.8) is 0 Å². The summed E-state index contributed by atoms with van der Waals surface area (Å²) < 4.78 is 11.7. The van der Waals surface area contributed by atoms with Gasteiger partial charge in [-0.1, -0.05) is 12.1 Å². The molecule has 0 unspecified atom stereocenters.